The van der Waals surface area contributed by atoms with Gasteiger partial charge in [-0.1, -0.05) is 32.1 Å². The maximum absolute atomic E-state index is 12.1. The third-order valence-corrected chi connectivity index (χ3v) is 6.64. The Hall–Kier alpha value is -0.780. The quantitative estimate of drug-likeness (QED) is 0.838. The van der Waals surface area contributed by atoms with Gasteiger partial charge in [-0.3, -0.25) is 0 Å². The van der Waals surface area contributed by atoms with Crippen LogP contribution in [0.15, 0.2) is 0 Å². The number of sulfone groups is 1. The minimum absolute atomic E-state index is 0.0665. The van der Waals surface area contributed by atoms with Crippen LogP contribution in [0.1, 0.15) is 38.5 Å². The van der Waals surface area contributed by atoms with Crippen LogP contribution in [-0.2, 0) is 9.84 Å². The van der Waals surface area contributed by atoms with Crippen LogP contribution in [0.25, 0.3) is 0 Å². The summed E-state index contributed by atoms with van der Waals surface area (Å²) < 4.78 is 22.7. The van der Waals surface area contributed by atoms with Gasteiger partial charge in [-0.15, -0.1) is 0 Å². The van der Waals surface area contributed by atoms with Crippen LogP contribution in [0.4, 0.5) is 4.79 Å². The molecule has 0 aromatic carbocycles. The van der Waals surface area contributed by atoms with E-state index in [2.05, 4.69) is 5.32 Å². The molecular weight excluding hydrogens is 276 g/mol. The van der Waals surface area contributed by atoms with E-state index in [-0.39, 0.29) is 17.5 Å². The normalized spacial score (nSPS) is 33.7. The lowest BCUT2D eigenvalue weighted by molar-refractivity contribution is 0.200. The molecule has 0 bridgehead atoms. The van der Waals surface area contributed by atoms with Gasteiger partial charge in [0.2, 0.25) is 0 Å². The first-order valence-corrected chi connectivity index (χ1v) is 9.63. The lowest BCUT2D eigenvalue weighted by Gasteiger charge is -2.27. The molecule has 1 saturated heterocycles. The molecule has 114 valence electrons. The number of hydrogen-bond donors (Lipinski definition) is 1. The van der Waals surface area contributed by atoms with E-state index in [0.717, 1.165) is 12.3 Å². The monoisotopic (exact) mass is 300 g/mol. The highest BCUT2D eigenvalue weighted by atomic mass is 32.2. The lowest BCUT2D eigenvalue weighted by Crippen LogP contribution is -2.49. The van der Waals surface area contributed by atoms with Gasteiger partial charge in [0.25, 0.3) is 0 Å². The summed E-state index contributed by atoms with van der Waals surface area (Å²) >= 11 is 0. The average Bonchev–Trinajstić information content (AvgIpc) is 3.19. The maximum atomic E-state index is 12.1. The van der Waals surface area contributed by atoms with Gasteiger partial charge in [0.1, 0.15) is 0 Å². The molecular formula is C14H24N2O3S. The van der Waals surface area contributed by atoms with Crippen molar-refractivity contribution in [3.63, 3.8) is 0 Å². The molecule has 2 aliphatic carbocycles. The van der Waals surface area contributed by atoms with Crippen LogP contribution in [0.2, 0.25) is 0 Å². The molecule has 0 aromatic heterocycles. The number of urea groups is 1. The molecule has 3 aliphatic rings. The van der Waals surface area contributed by atoms with Crippen molar-refractivity contribution in [1.29, 1.82) is 0 Å². The van der Waals surface area contributed by atoms with E-state index < -0.39 is 9.84 Å². The van der Waals surface area contributed by atoms with Crippen molar-refractivity contribution in [2.75, 3.05) is 24.6 Å². The molecule has 1 N–H and O–H groups in total. The van der Waals surface area contributed by atoms with Crippen LogP contribution in [-0.4, -0.2) is 50.0 Å². The minimum atomic E-state index is -2.91. The Morgan fingerprint density at radius 1 is 1.05 bits per heavy atom. The Balaban J connectivity index is 1.44. The number of nitrogens with one attached hydrogen (secondary N) is 1. The number of amides is 2. The fourth-order valence-corrected chi connectivity index (χ4v) is 4.83. The Labute approximate surface area is 121 Å². The van der Waals surface area contributed by atoms with Crippen molar-refractivity contribution >= 4 is 15.9 Å². The highest BCUT2D eigenvalue weighted by Gasteiger charge is 2.44. The predicted octanol–water partition coefficient (Wildman–Crippen LogP) is 1.40. The molecule has 0 aromatic rings. The van der Waals surface area contributed by atoms with Gasteiger partial charge in [0.05, 0.1) is 11.5 Å². The Morgan fingerprint density at radius 3 is 2.35 bits per heavy atom. The molecule has 1 heterocycles. The highest BCUT2D eigenvalue weighted by molar-refractivity contribution is 7.91. The highest BCUT2D eigenvalue weighted by Crippen LogP contribution is 2.44. The van der Waals surface area contributed by atoms with E-state index >= 15 is 0 Å². The number of hydrogen-bond acceptors (Lipinski definition) is 3. The summed E-state index contributed by atoms with van der Waals surface area (Å²) in [5.41, 5.74) is 0. The van der Waals surface area contributed by atoms with Gasteiger partial charge in [-0.2, -0.15) is 0 Å². The second-order valence-corrected chi connectivity index (χ2v) is 8.80. The van der Waals surface area contributed by atoms with Crippen LogP contribution in [0.3, 0.4) is 0 Å². The van der Waals surface area contributed by atoms with Crippen molar-refractivity contribution in [3.05, 3.63) is 0 Å². The molecule has 0 unspecified atom stereocenters. The topological polar surface area (TPSA) is 66.5 Å². The smallest absolute Gasteiger partial charge is 0.317 e. The molecule has 3 fully saturated rings. The molecule has 3 rings (SSSR count). The van der Waals surface area contributed by atoms with Crippen molar-refractivity contribution < 1.29 is 13.2 Å². The fraction of sp³-hybridized carbons (Fsp3) is 0.929. The van der Waals surface area contributed by atoms with E-state index in [9.17, 15) is 13.2 Å². The van der Waals surface area contributed by atoms with Gasteiger partial charge in [-0.05, 0) is 18.3 Å². The Morgan fingerprint density at radius 2 is 1.70 bits per heavy atom. The van der Waals surface area contributed by atoms with Crippen molar-refractivity contribution in [2.24, 2.45) is 11.8 Å². The van der Waals surface area contributed by atoms with Crippen molar-refractivity contribution in [2.45, 2.75) is 44.6 Å². The van der Waals surface area contributed by atoms with Crippen molar-refractivity contribution in [3.8, 4) is 0 Å². The SMILES string of the molecule is O=C(N[C@@H]1C[C@@H]1C1CCCCC1)N1CCS(=O)(=O)CC1. The number of carbonyl (C=O) groups is 1. The fourth-order valence-electron chi connectivity index (χ4n) is 3.63. The Kier molecular flexibility index (Phi) is 3.93. The maximum Gasteiger partial charge on any atom is 0.317 e. The molecule has 2 amide bonds. The summed E-state index contributed by atoms with van der Waals surface area (Å²) in [6.07, 6.45) is 7.79. The molecule has 20 heavy (non-hydrogen) atoms. The standard InChI is InChI=1S/C14H24N2O3S/c17-14(16-6-8-20(18,19)9-7-16)15-13-10-12(13)11-4-2-1-3-5-11/h11-13H,1-10H2,(H,15,17)/t12-,13-/m1/s1. The van der Waals surface area contributed by atoms with Gasteiger partial charge in [0.15, 0.2) is 9.84 Å². The van der Waals surface area contributed by atoms with Crippen LogP contribution >= 0.6 is 0 Å². The molecule has 0 radical (unpaired) electrons. The second-order valence-electron chi connectivity index (χ2n) is 6.49. The minimum Gasteiger partial charge on any atom is -0.335 e. The summed E-state index contributed by atoms with van der Waals surface area (Å²) in [6, 6.07) is 0.271. The first kappa shape index (κ1) is 14.2. The third kappa shape index (κ3) is 3.27. The van der Waals surface area contributed by atoms with E-state index in [4.69, 9.17) is 0 Å². The molecule has 1 aliphatic heterocycles. The number of nitrogens with zero attached hydrogens (tertiary/aromatic N) is 1. The van der Waals surface area contributed by atoms with Crippen LogP contribution in [0, 0.1) is 11.8 Å². The third-order valence-electron chi connectivity index (χ3n) is 5.04. The largest absolute Gasteiger partial charge is 0.335 e. The summed E-state index contributed by atoms with van der Waals surface area (Å²) in [6.45, 7) is 0.684. The number of rotatable bonds is 2. The van der Waals surface area contributed by atoms with Crippen LogP contribution in [0.5, 0.6) is 0 Å². The number of carbonyl (C=O) groups excluding carboxylic acids is 1. The summed E-state index contributed by atoms with van der Waals surface area (Å²) in [4.78, 5) is 13.8. The molecule has 2 saturated carbocycles. The zero-order chi connectivity index (χ0) is 14.2. The van der Waals surface area contributed by atoms with Gasteiger partial charge >= 0.3 is 6.03 Å². The first-order chi connectivity index (χ1) is 9.55. The zero-order valence-corrected chi connectivity index (χ0v) is 12.7. The Bertz CT molecular complexity index is 457. The summed E-state index contributed by atoms with van der Waals surface area (Å²) in [7, 11) is -2.91. The second kappa shape index (κ2) is 5.54. The molecule has 6 heteroatoms. The predicted molar refractivity (Wildman–Crippen MR) is 77.2 cm³/mol. The van der Waals surface area contributed by atoms with Gasteiger partial charge in [-0.25, -0.2) is 13.2 Å². The van der Waals surface area contributed by atoms with Crippen LogP contribution < -0.4 is 5.32 Å². The summed E-state index contributed by atoms with van der Waals surface area (Å²) in [5.74, 6) is 1.69. The lowest BCUT2D eigenvalue weighted by atomic mass is 9.85. The van der Waals surface area contributed by atoms with E-state index in [0.29, 0.717) is 25.0 Å². The first-order valence-electron chi connectivity index (χ1n) is 7.81. The molecule has 5 nitrogen and oxygen atoms in total. The van der Waals surface area contributed by atoms with Crippen molar-refractivity contribution in [1.82, 2.24) is 10.2 Å². The van der Waals surface area contributed by atoms with E-state index in [1.807, 2.05) is 0 Å². The molecule has 0 spiro atoms. The summed E-state index contributed by atoms with van der Waals surface area (Å²) in [5, 5.41) is 3.09. The zero-order valence-electron chi connectivity index (χ0n) is 11.9. The van der Waals surface area contributed by atoms with Gasteiger partial charge < -0.3 is 10.2 Å². The molecule has 2 atom stereocenters. The van der Waals surface area contributed by atoms with Gasteiger partial charge in [0, 0.05) is 19.1 Å². The van der Waals surface area contributed by atoms with E-state index in [1.54, 1.807) is 4.90 Å². The van der Waals surface area contributed by atoms with E-state index in [1.165, 1.54) is 32.1 Å². The average molecular weight is 300 g/mol.